The monoisotopic (exact) mass is 437 g/mol. The second-order valence-electron chi connectivity index (χ2n) is 6.72. The first-order valence-corrected chi connectivity index (χ1v) is 9.71. The molecule has 3 amide bonds. The molecule has 31 heavy (non-hydrogen) atoms. The second kappa shape index (κ2) is 9.77. The third-order valence-corrected chi connectivity index (χ3v) is 4.80. The van der Waals surface area contributed by atoms with E-state index in [9.17, 15) is 14.4 Å². The molecular formula is C23H20ClN3O4. The molecule has 158 valence electrons. The Hall–Kier alpha value is -3.84. The number of urea groups is 1. The first kappa shape index (κ1) is 21.9. The minimum atomic E-state index is -1.18. The van der Waals surface area contributed by atoms with Gasteiger partial charge >= 0.3 is 12.0 Å². The van der Waals surface area contributed by atoms with E-state index in [1.54, 1.807) is 48.5 Å². The van der Waals surface area contributed by atoms with Crippen molar-refractivity contribution in [2.75, 3.05) is 10.6 Å². The van der Waals surface area contributed by atoms with Crippen LogP contribution in [0.15, 0.2) is 72.8 Å². The molecule has 0 saturated carbocycles. The van der Waals surface area contributed by atoms with E-state index in [4.69, 9.17) is 22.1 Å². The van der Waals surface area contributed by atoms with Gasteiger partial charge in [0.1, 0.15) is 0 Å². The van der Waals surface area contributed by atoms with Crippen molar-refractivity contribution in [1.29, 1.82) is 0 Å². The maximum Gasteiger partial charge on any atom is 0.339 e. The average molecular weight is 438 g/mol. The van der Waals surface area contributed by atoms with Gasteiger partial charge in [0.25, 0.3) is 5.91 Å². The minimum absolute atomic E-state index is 0.210. The third kappa shape index (κ3) is 5.83. The maximum absolute atomic E-state index is 13.0. The van der Waals surface area contributed by atoms with Gasteiger partial charge in [-0.2, -0.15) is 0 Å². The number of carbonyl (C=O) groups excluding carboxylic acids is 3. The summed E-state index contributed by atoms with van der Waals surface area (Å²) in [6, 6.07) is 19.0. The number of ether oxygens (including phenoxy) is 1. The van der Waals surface area contributed by atoms with Gasteiger partial charge in [-0.15, -0.1) is 0 Å². The minimum Gasteiger partial charge on any atom is -0.444 e. The fourth-order valence-electron chi connectivity index (χ4n) is 2.79. The van der Waals surface area contributed by atoms with Gasteiger partial charge < -0.3 is 21.1 Å². The number of primary amides is 1. The summed E-state index contributed by atoms with van der Waals surface area (Å²) in [6.45, 7) is 1.85. The lowest BCUT2D eigenvalue weighted by molar-refractivity contribution is -0.125. The lowest BCUT2D eigenvalue weighted by Crippen LogP contribution is -2.26. The predicted octanol–water partition coefficient (Wildman–Crippen LogP) is 4.68. The molecule has 7 nitrogen and oxygen atoms in total. The van der Waals surface area contributed by atoms with Gasteiger partial charge in [-0.25, -0.2) is 9.59 Å². The number of aryl methyl sites for hydroxylation is 1. The largest absolute Gasteiger partial charge is 0.444 e. The highest BCUT2D eigenvalue weighted by atomic mass is 35.5. The van der Waals surface area contributed by atoms with Gasteiger partial charge in [-0.05, 0) is 48.9 Å². The van der Waals surface area contributed by atoms with Crippen molar-refractivity contribution in [2.24, 2.45) is 5.73 Å². The lowest BCUT2D eigenvalue weighted by Gasteiger charge is -2.18. The number of anilines is 2. The second-order valence-corrected chi connectivity index (χ2v) is 7.12. The van der Waals surface area contributed by atoms with Crippen LogP contribution in [-0.2, 0) is 9.53 Å². The highest BCUT2D eigenvalue weighted by molar-refractivity contribution is 6.31. The van der Waals surface area contributed by atoms with Gasteiger partial charge in [0.15, 0.2) is 0 Å². The van der Waals surface area contributed by atoms with Crippen LogP contribution >= 0.6 is 11.6 Å². The van der Waals surface area contributed by atoms with Gasteiger partial charge in [0, 0.05) is 22.0 Å². The van der Waals surface area contributed by atoms with Crippen LogP contribution in [0, 0.1) is 6.92 Å². The molecule has 0 bridgehead atoms. The van der Waals surface area contributed by atoms with E-state index in [2.05, 4.69) is 10.6 Å². The summed E-state index contributed by atoms with van der Waals surface area (Å²) in [5.74, 6) is -1.22. The molecule has 0 aliphatic rings. The summed E-state index contributed by atoms with van der Waals surface area (Å²) >= 11 is 6.13. The quantitative estimate of drug-likeness (QED) is 0.486. The van der Waals surface area contributed by atoms with Gasteiger partial charge in [-0.3, -0.25) is 4.79 Å². The fraction of sp³-hybridized carbons (Fsp3) is 0.0870. The van der Waals surface area contributed by atoms with Crippen molar-refractivity contribution < 1.29 is 19.1 Å². The first-order chi connectivity index (χ1) is 14.8. The number of halogens is 1. The maximum atomic E-state index is 13.0. The van der Waals surface area contributed by atoms with Crippen molar-refractivity contribution in [3.05, 3.63) is 94.5 Å². The Morgan fingerprint density at radius 2 is 1.55 bits per heavy atom. The molecule has 3 aromatic rings. The Morgan fingerprint density at radius 1 is 0.903 bits per heavy atom. The van der Waals surface area contributed by atoms with Crippen molar-refractivity contribution in [1.82, 2.24) is 0 Å². The number of benzene rings is 3. The summed E-state index contributed by atoms with van der Waals surface area (Å²) in [4.78, 5) is 36.6. The van der Waals surface area contributed by atoms with Crippen LogP contribution in [0.1, 0.15) is 27.6 Å². The number of rotatable bonds is 6. The molecule has 4 N–H and O–H groups in total. The predicted molar refractivity (Wildman–Crippen MR) is 119 cm³/mol. The van der Waals surface area contributed by atoms with E-state index in [0.29, 0.717) is 22.0 Å². The van der Waals surface area contributed by atoms with Crippen molar-refractivity contribution in [2.45, 2.75) is 13.0 Å². The van der Waals surface area contributed by atoms with E-state index < -0.39 is 24.0 Å². The van der Waals surface area contributed by atoms with Gasteiger partial charge in [0.2, 0.25) is 6.10 Å². The summed E-state index contributed by atoms with van der Waals surface area (Å²) in [7, 11) is 0. The number of hydrogen-bond acceptors (Lipinski definition) is 4. The normalized spacial score (nSPS) is 11.3. The molecule has 0 spiro atoms. The van der Waals surface area contributed by atoms with Crippen LogP contribution in [0.3, 0.4) is 0 Å². The van der Waals surface area contributed by atoms with E-state index in [0.717, 1.165) is 5.56 Å². The van der Waals surface area contributed by atoms with Crippen molar-refractivity contribution in [3.8, 4) is 0 Å². The molecule has 0 aliphatic carbocycles. The van der Waals surface area contributed by atoms with Crippen LogP contribution in [0.4, 0.5) is 16.2 Å². The summed E-state index contributed by atoms with van der Waals surface area (Å²) < 4.78 is 5.54. The number of hydrogen-bond donors (Lipinski definition) is 3. The van der Waals surface area contributed by atoms with Crippen LogP contribution in [0.2, 0.25) is 5.02 Å². The zero-order valence-corrected chi connectivity index (χ0v) is 17.3. The Balaban J connectivity index is 1.80. The van der Waals surface area contributed by atoms with Crippen LogP contribution < -0.4 is 16.4 Å². The van der Waals surface area contributed by atoms with Crippen molar-refractivity contribution in [3.63, 3.8) is 0 Å². The summed E-state index contributed by atoms with van der Waals surface area (Å²) in [5.41, 5.74) is 7.58. The smallest absolute Gasteiger partial charge is 0.339 e. The molecule has 3 aromatic carbocycles. The highest BCUT2D eigenvalue weighted by Gasteiger charge is 2.26. The van der Waals surface area contributed by atoms with E-state index in [-0.39, 0.29) is 5.56 Å². The van der Waals surface area contributed by atoms with Gasteiger partial charge in [-0.1, -0.05) is 48.0 Å². The topological polar surface area (TPSA) is 111 Å². The zero-order valence-electron chi connectivity index (χ0n) is 16.6. The summed E-state index contributed by atoms with van der Waals surface area (Å²) in [6.07, 6.45) is -1.18. The van der Waals surface area contributed by atoms with Crippen molar-refractivity contribution >= 4 is 40.9 Å². The lowest BCUT2D eigenvalue weighted by atomic mass is 10.1. The Bertz CT molecular complexity index is 1100. The molecule has 0 aliphatic heterocycles. The molecule has 0 heterocycles. The Morgan fingerprint density at radius 3 is 2.16 bits per heavy atom. The number of nitrogens with one attached hydrogen (secondary N) is 2. The molecular weight excluding hydrogens is 418 g/mol. The molecule has 1 unspecified atom stereocenters. The van der Waals surface area contributed by atoms with E-state index in [1.165, 1.54) is 24.3 Å². The zero-order chi connectivity index (χ0) is 22.4. The van der Waals surface area contributed by atoms with E-state index in [1.807, 2.05) is 6.92 Å². The summed E-state index contributed by atoms with van der Waals surface area (Å²) in [5, 5.41) is 5.65. The molecule has 3 rings (SSSR count). The Labute approximate surface area is 184 Å². The third-order valence-electron chi connectivity index (χ3n) is 4.39. The SMILES string of the molecule is Cc1ccc(NC(=O)C(OC(=O)c2ccc(NC(N)=O)cc2)c2ccccc2)cc1Cl. The standard InChI is InChI=1S/C23H20ClN3O4/c1-14-7-10-18(13-19(14)24)26-21(28)20(15-5-3-2-4-6-15)31-22(29)16-8-11-17(12-9-16)27-23(25)30/h2-13,20H,1H3,(H,26,28)(H3,25,27,30). The Kier molecular flexibility index (Phi) is 6.89. The van der Waals surface area contributed by atoms with E-state index >= 15 is 0 Å². The fourth-order valence-corrected chi connectivity index (χ4v) is 2.97. The molecule has 0 fully saturated rings. The average Bonchev–Trinajstić information content (AvgIpc) is 2.75. The van der Waals surface area contributed by atoms with Crippen LogP contribution in [-0.4, -0.2) is 17.9 Å². The molecule has 0 saturated heterocycles. The molecule has 1 atom stereocenters. The number of nitrogens with two attached hydrogens (primary N) is 1. The molecule has 0 aromatic heterocycles. The van der Waals surface area contributed by atoms with Gasteiger partial charge in [0.05, 0.1) is 5.56 Å². The number of carbonyl (C=O) groups is 3. The molecule has 0 radical (unpaired) electrons. The number of esters is 1. The number of amides is 3. The highest BCUT2D eigenvalue weighted by Crippen LogP contribution is 2.24. The first-order valence-electron chi connectivity index (χ1n) is 9.33. The van der Waals surface area contributed by atoms with Crippen LogP contribution in [0.5, 0.6) is 0 Å². The van der Waals surface area contributed by atoms with Crippen LogP contribution in [0.25, 0.3) is 0 Å². The molecule has 8 heteroatoms.